The lowest BCUT2D eigenvalue weighted by Crippen LogP contribution is -2.40. The normalized spacial score (nSPS) is 28.0. The van der Waals surface area contributed by atoms with Gasteiger partial charge in [-0.2, -0.15) is 0 Å². The van der Waals surface area contributed by atoms with E-state index in [4.69, 9.17) is 0 Å². The molecular formula is C16H22N2O2. The molecule has 1 saturated heterocycles. The quantitative estimate of drug-likeness (QED) is 0.826. The summed E-state index contributed by atoms with van der Waals surface area (Å²) >= 11 is 0. The van der Waals surface area contributed by atoms with Crippen LogP contribution in [-0.2, 0) is 0 Å². The van der Waals surface area contributed by atoms with E-state index in [1.165, 1.54) is 5.56 Å². The summed E-state index contributed by atoms with van der Waals surface area (Å²) in [4.78, 5) is 14.2. The molecule has 1 aromatic rings. The number of rotatable bonds is 1. The third kappa shape index (κ3) is 2.18. The van der Waals surface area contributed by atoms with Gasteiger partial charge in [0.05, 0.1) is 6.10 Å². The number of carbonyl (C=O) groups excluding carboxylic acids is 1. The third-order valence-corrected chi connectivity index (χ3v) is 4.73. The van der Waals surface area contributed by atoms with Gasteiger partial charge in [0.1, 0.15) is 0 Å². The molecule has 2 amide bonds. The summed E-state index contributed by atoms with van der Waals surface area (Å²) in [5, 5.41) is 12.7. The number of amides is 2. The Kier molecular flexibility index (Phi) is 3.21. The van der Waals surface area contributed by atoms with Gasteiger partial charge in [0.25, 0.3) is 0 Å². The average molecular weight is 274 g/mol. The topological polar surface area (TPSA) is 52.6 Å². The Morgan fingerprint density at radius 3 is 2.45 bits per heavy atom. The summed E-state index contributed by atoms with van der Waals surface area (Å²) in [5.74, 6) is 0.789. The number of aryl methyl sites for hydroxylation is 3. The molecular weight excluding hydrogens is 252 g/mol. The predicted molar refractivity (Wildman–Crippen MR) is 78.8 cm³/mol. The van der Waals surface area contributed by atoms with Crippen LogP contribution in [0.15, 0.2) is 12.1 Å². The number of carbonyl (C=O) groups is 1. The zero-order valence-corrected chi connectivity index (χ0v) is 12.3. The number of likely N-dealkylation sites (tertiary alicyclic amines) is 1. The molecule has 1 aliphatic carbocycles. The van der Waals surface area contributed by atoms with E-state index in [0.717, 1.165) is 29.8 Å². The van der Waals surface area contributed by atoms with Gasteiger partial charge in [-0.3, -0.25) is 0 Å². The molecule has 4 nitrogen and oxygen atoms in total. The minimum Gasteiger partial charge on any atom is -0.393 e. The maximum absolute atomic E-state index is 12.4. The van der Waals surface area contributed by atoms with Crippen LogP contribution in [0.3, 0.4) is 0 Å². The van der Waals surface area contributed by atoms with Crippen molar-refractivity contribution in [2.24, 2.45) is 11.8 Å². The van der Waals surface area contributed by atoms with Crippen LogP contribution in [0.25, 0.3) is 0 Å². The molecule has 0 unspecified atom stereocenters. The van der Waals surface area contributed by atoms with Crippen LogP contribution in [0.1, 0.15) is 23.1 Å². The number of nitrogens with one attached hydrogen (secondary N) is 1. The molecule has 2 N–H and O–H groups in total. The van der Waals surface area contributed by atoms with Gasteiger partial charge in [-0.1, -0.05) is 17.7 Å². The Morgan fingerprint density at radius 2 is 1.90 bits per heavy atom. The monoisotopic (exact) mass is 274 g/mol. The van der Waals surface area contributed by atoms with Gasteiger partial charge >= 0.3 is 6.03 Å². The van der Waals surface area contributed by atoms with Crippen LogP contribution in [0.4, 0.5) is 10.5 Å². The number of hydrogen-bond donors (Lipinski definition) is 2. The van der Waals surface area contributed by atoms with Gasteiger partial charge in [-0.15, -0.1) is 0 Å². The lowest BCUT2D eigenvalue weighted by molar-refractivity contribution is -0.00421. The average Bonchev–Trinajstić information content (AvgIpc) is 2.71. The van der Waals surface area contributed by atoms with E-state index in [2.05, 4.69) is 24.4 Å². The SMILES string of the molecule is Cc1cc(C)c(NC(=O)N2C[C@H]3C[C@H](O)[C@H]3C2)c(C)c1. The van der Waals surface area contributed by atoms with Crippen molar-refractivity contribution < 1.29 is 9.90 Å². The molecule has 2 fully saturated rings. The standard InChI is InChI=1S/C16H22N2O2/c1-9-4-10(2)15(11(3)5-9)17-16(20)18-7-12-6-14(19)13(12)8-18/h4-5,12-14,19H,6-8H2,1-3H3,(H,17,20)/t12-,13+,14+/m1/s1. The Hall–Kier alpha value is -1.55. The van der Waals surface area contributed by atoms with Crippen molar-refractivity contribution in [3.05, 3.63) is 28.8 Å². The molecule has 1 aromatic carbocycles. The maximum Gasteiger partial charge on any atom is 0.321 e. The first-order valence-corrected chi connectivity index (χ1v) is 7.27. The van der Waals surface area contributed by atoms with Crippen molar-refractivity contribution in [1.29, 1.82) is 0 Å². The molecule has 2 aliphatic rings. The van der Waals surface area contributed by atoms with E-state index in [1.807, 2.05) is 18.7 Å². The molecule has 0 bridgehead atoms. The number of hydrogen-bond acceptors (Lipinski definition) is 2. The van der Waals surface area contributed by atoms with Gasteiger partial charge in [0, 0.05) is 24.7 Å². The molecule has 0 radical (unpaired) electrons. The molecule has 1 saturated carbocycles. The Balaban J connectivity index is 1.71. The maximum atomic E-state index is 12.4. The van der Waals surface area contributed by atoms with Crippen molar-refractivity contribution in [3.8, 4) is 0 Å². The summed E-state index contributed by atoms with van der Waals surface area (Å²) in [6, 6.07) is 4.13. The van der Waals surface area contributed by atoms with E-state index >= 15 is 0 Å². The fourth-order valence-corrected chi connectivity index (χ4v) is 3.60. The molecule has 1 aliphatic heterocycles. The Morgan fingerprint density at radius 1 is 1.25 bits per heavy atom. The second-order valence-corrected chi connectivity index (χ2v) is 6.34. The van der Waals surface area contributed by atoms with E-state index < -0.39 is 0 Å². The minimum atomic E-state index is -0.208. The highest BCUT2D eigenvalue weighted by molar-refractivity contribution is 5.91. The second-order valence-electron chi connectivity index (χ2n) is 6.34. The molecule has 0 spiro atoms. The molecule has 0 aromatic heterocycles. The highest BCUT2D eigenvalue weighted by Crippen LogP contribution is 2.40. The molecule has 1 heterocycles. The zero-order chi connectivity index (χ0) is 14.4. The predicted octanol–water partition coefficient (Wildman–Crippen LogP) is 2.46. The minimum absolute atomic E-state index is 0.0401. The summed E-state index contributed by atoms with van der Waals surface area (Å²) < 4.78 is 0. The summed E-state index contributed by atoms with van der Waals surface area (Å²) in [6.45, 7) is 7.56. The number of benzene rings is 1. The number of anilines is 1. The van der Waals surface area contributed by atoms with Crippen molar-refractivity contribution in [1.82, 2.24) is 4.90 Å². The van der Waals surface area contributed by atoms with Crippen molar-refractivity contribution in [2.75, 3.05) is 18.4 Å². The van der Waals surface area contributed by atoms with Gasteiger partial charge < -0.3 is 15.3 Å². The molecule has 108 valence electrons. The first kappa shape index (κ1) is 13.4. The van der Waals surface area contributed by atoms with E-state index in [9.17, 15) is 9.90 Å². The molecule has 4 heteroatoms. The number of fused-ring (bicyclic) bond motifs is 1. The molecule has 3 rings (SSSR count). The Bertz CT molecular complexity index is 532. The number of urea groups is 1. The van der Waals surface area contributed by atoms with Crippen molar-refractivity contribution in [2.45, 2.75) is 33.3 Å². The highest BCUT2D eigenvalue weighted by atomic mass is 16.3. The van der Waals surface area contributed by atoms with E-state index in [0.29, 0.717) is 18.4 Å². The van der Waals surface area contributed by atoms with Crippen LogP contribution >= 0.6 is 0 Å². The van der Waals surface area contributed by atoms with Gasteiger partial charge in [-0.25, -0.2) is 4.79 Å². The lowest BCUT2D eigenvalue weighted by Gasteiger charge is -2.34. The number of aliphatic hydroxyl groups is 1. The Labute approximate surface area is 119 Å². The largest absolute Gasteiger partial charge is 0.393 e. The van der Waals surface area contributed by atoms with Gasteiger partial charge in [0.2, 0.25) is 0 Å². The summed E-state index contributed by atoms with van der Waals surface area (Å²) in [6.07, 6.45) is 0.637. The van der Waals surface area contributed by atoms with Gasteiger partial charge in [0.15, 0.2) is 0 Å². The smallest absolute Gasteiger partial charge is 0.321 e. The first-order valence-electron chi connectivity index (χ1n) is 7.27. The number of aliphatic hydroxyl groups excluding tert-OH is 1. The number of nitrogens with zero attached hydrogens (tertiary/aromatic N) is 1. The van der Waals surface area contributed by atoms with Crippen molar-refractivity contribution >= 4 is 11.7 Å². The van der Waals surface area contributed by atoms with Crippen LogP contribution in [-0.4, -0.2) is 35.2 Å². The van der Waals surface area contributed by atoms with E-state index in [-0.39, 0.29) is 12.1 Å². The fourth-order valence-electron chi connectivity index (χ4n) is 3.60. The first-order chi connectivity index (χ1) is 9.45. The van der Waals surface area contributed by atoms with Crippen LogP contribution in [0, 0.1) is 32.6 Å². The summed E-state index contributed by atoms with van der Waals surface area (Å²) in [7, 11) is 0. The second kappa shape index (κ2) is 4.77. The van der Waals surface area contributed by atoms with Crippen LogP contribution < -0.4 is 5.32 Å². The summed E-state index contributed by atoms with van der Waals surface area (Å²) in [5.41, 5.74) is 4.32. The molecule has 20 heavy (non-hydrogen) atoms. The zero-order valence-electron chi connectivity index (χ0n) is 12.3. The van der Waals surface area contributed by atoms with Gasteiger partial charge in [-0.05, 0) is 44.2 Å². The third-order valence-electron chi connectivity index (χ3n) is 4.73. The van der Waals surface area contributed by atoms with Crippen LogP contribution in [0.2, 0.25) is 0 Å². The van der Waals surface area contributed by atoms with Crippen LogP contribution in [0.5, 0.6) is 0 Å². The molecule has 3 atom stereocenters. The van der Waals surface area contributed by atoms with Crippen molar-refractivity contribution in [3.63, 3.8) is 0 Å². The highest BCUT2D eigenvalue weighted by Gasteiger charge is 2.47. The lowest BCUT2D eigenvalue weighted by atomic mass is 9.74. The van der Waals surface area contributed by atoms with E-state index in [1.54, 1.807) is 0 Å². The fraction of sp³-hybridized carbons (Fsp3) is 0.562.